The second-order valence-electron chi connectivity index (χ2n) is 6.80. The van der Waals surface area contributed by atoms with Gasteiger partial charge in [-0.15, -0.1) is 0 Å². The topological polar surface area (TPSA) is 42.0 Å². The second-order valence-corrected chi connectivity index (χ2v) is 7.65. The Hall–Kier alpha value is -2.21. The van der Waals surface area contributed by atoms with Gasteiger partial charge in [0, 0.05) is 43.8 Å². The van der Waals surface area contributed by atoms with Crippen LogP contribution in [0.15, 0.2) is 42.5 Å². The van der Waals surface area contributed by atoms with Gasteiger partial charge in [0.05, 0.1) is 19.2 Å². The molecular weight excluding hydrogens is 411 g/mol. The third-order valence-corrected chi connectivity index (χ3v) is 5.37. The summed E-state index contributed by atoms with van der Waals surface area (Å²) in [5.74, 6) is 0.994. The lowest BCUT2D eigenvalue weighted by Crippen LogP contribution is -2.47. The summed E-state index contributed by atoms with van der Waals surface area (Å²) in [6.45, 7) is 3.87. The fraction of sp³-hybridized carbons (Fsp3) is 0.318. The molecule has 2 aromatic rings. The number of carbonyl (C=O) groups excluding carboxylic acids is 1. The molecule has 3 rings (SSSR count). The van der Waals surface area contributed by atoms with E-state index < -0.39 is 0 Å². The minimum Gasteiger partial charge on any atom is -0.493 e. The molecule has 7 heteroatoms. The molecule has 1 fully saturated rings. The van der Waals surface area contributed by atoms with Gasteiger partial charge in [0.2, 0.25) is 5.91 Å². The standard InChI is InChI=1S/C22H24Cl2N2O3/c1-28-20-14-16(13-19(24)22(20)29-2)6-7-21(27)26-10-8-25(9-11-26)15-17-4-3-5-18(23)12-17/h3-7,12-14H,8-11,15H2,1-2H3/b7-6+. The van der Waals surface area contributed by atoms with Gasteiger partial charge < -0.3 is 14.4 Å². The summed E-state index contributed by atoms with van der Waals surface area (Å²) in [6, 6.07) is 11.4. The van der Waals surface area contributed by atoms with Gasteiger partial charge in [0.1, 0.15) is 0 Å². The number of amides is 1. The number of ether oxygens (including phenoxy) is 2. The van der Waals surface area contributed by atoms with E-state index in [4.69, 9.17) is 32.7 Å². The molecule has 0 radical (unpaired) electrons. The normalized spacial score (nSPS) is 15.0. The van der Waals surface area contributed by atoms with Crippen LogP contribution in [-0.4, -0.2) is 56.1 Å². The number of carbonyl (C=O) groups is 1. The van der Waals surface area contributed by atoms with Crippen molar-refractivity contribution in [1.82, 2.24) is 9.80 Å². The van der Waals surface area contributed by atoms with E-state index in [9.17, 15) is 4.79 Å². The maximum Gasteiger partial charge on any atom is 0.246 e. The molecule has 1 saturated heterocycles. The first-order valence-corrected chi connectivity index (χ1v) is 10.1. The van der Waals surface area contributed by atoms with Gasteiger partial charge in [0.15, 0.2) is 11.5 Å². The van der Waals surface area contributed by atoms with Crippen molar-refractivity contribution in [3.8, 4) is 11.5 Å². The van der Waals surface area contributed by atoms with Gasteiger partial charge in [-0.3, -0.25) is 9.69 Å². The third-order valence-electron chi connectivity index (χ3n) is 4.85. The molecule has 0 aliphatic carbocycles. The summed E-state index contributed by atoms with van der Waals surface area (Å²) in [7, 11) is 3.09. The lowest BCUT2D eigenvalue weighted by atomic mass is 10.1. The van der Waals surface area contributed by atoms with Crippen molar-refractivity contribution < 1.29 is 14.3 Å². The van der Waals surface area contributed by atoms with E-state index >= 15 is 0 Å². The maximum atomic E-state index is 12.6. The lowest BCUT2D eigenvalue weighted by Gasteiger charge is -2.34. The molecule has 0 saturated carbocycles. The fourth-order valence-corrected chi connectivity index (χ4v) is 3.84. The van der Waals surface area contributed by atoms with E-state index in [0.717, 1.165) is 30.2 Å². The van der Waals surface area contributed by atoms with Crippen LogP contribution in [0.1, 0.15) is 11.1 Å². The number of rotatable bonds is 6. The van der Waals surface area contributed by atoms with Gasteiger partial charge in [0.25, 0.3) is 0 Å². The summed E-state index contributed by atoms with van der Waals surface area (Å²) in [4.78, 5) is 16.7. The second kappa shape index (κ2) is 10.0. The molecule has 1 aliphatic rings. The zero-order valence-electron chi connectivity index (χ0n) is 16.5. The highest BCUT2D eigenvalue weighted by Crippen LogP contribution is 2.36. The SMILES string of the molecule is COc1cc(/C=C/C(=O)N2CCN(Cc3cccc(Cl)c3)CC2)cc(Cl)c1OC. The van der Waals surface area contributed by atoms with E-state index in [0.29, 0.717) is 29.6 Å². The molecule has 154 valence electrons. The molecule has 1 aliphatic heterocycles. The number of hydrogen-bond acceptors (Lipinski definition) is 4. The molecule has 29 heavy (non-hydrogen) atoms. The molecular formula is C22H24Cl2N2O3. The first kappa shape index (κ1) is 21.5. The van der Waals surface area contributed by atoms with Crippen LogP contribution >= 0.6 is 23.2 Å². The molecule has 0 bridgehead atoms. The van der Waals surface area contributed by atoms with Crippen LogP contribution in [0.5, 0.6) is 11.5 Å². The Bertz CT molecular complexity index is 894. The molecule has 0 N–H and O–H groups in total. The van der Waals surface area contributed by atoms with Crippen molar-refractivity contribution in [2.24, 2.45) is 0 Å². The zero-order chi connectivity index (χ0) is 20.8. The molecule has 0 spiro atoms. The molecule has 2 aromatic carbocycles. The minimum atomic E-state index is -0.0155. The van der Waals surface area contributed by atoms with Crippen molar-refractivity contribution >= 4 is 35.2 Å². The number of halogens is 2. The summed E-state index contributed by atoms with van der Waals surface area (Å²) >= 11 is 12.3. The quantitative estimate of drug-likeness (QED) is 0.633. The van der Waals surface area contributed by atoms with Crippen molar-refractivity contribution in [2.75, 3.05) is 40.4 Å². The number of nitrogens with zero attached hydrogens (tertiary/aromatic N) is 2. The molecule has 0 unspecified atom stereocenters. The van der Waals surface area contributed by atoms with Crippen LogP contribution in [0, 0.1) is 0 Å². The van der Waals surface area contributed by atoms with Crippen LogP contribution in [0.2, 0.25) is 10.0 Å². The summed E-state index contributed by atoms with van der Waals surface area (Å²) in [5, 5.41) is 1.19. The van der Waals surface area contributed by atoms with E-state index in [1.54, 1.807) is 31.4 Å². The van der Waals surface area contributed by atoms with Crippen molar-refractivity contribution in [3.05, 3.63) is 63.6 Å². The van der Waals surface area contributed by atoms with E-state index in [1.807, 2.05) is 23.1 Å². The number of hydrogen-bond donors (Lipinski definition) is 0. The first-order valence-electron chi connectivity index (χ1n) is 9.35. The summed E-state index contributed by atoms with van der Waals surface area (Å²) in [6.07, 6.45) is 3.32. The Labute approximate surface area is 181 Å². The predicted octanol–water partition coefficient (Wildman–Crippen LogP) is 4.37. The van der Waals surface area contributed by atoms with E-state index in [1.165, 1.54) is 12.7 Å². The van der Waals surface area contributed by atoms with Crippen LogP contribution in [0.4, 0.5) is 0 Å². The minimum absolute atomic E-state index is 0.0155. The van der Waals surface area contributed by atoms with Gasteiger partial charge in [-0.2, -0.15) is 0 Å². The lowest BCUT2D eigenvalue weighted by molar-refractivity contribution is -0.127. The smallest absolute Gasteiger partial charge is 0.246 e. The highest BCUT2D eigenvalue weighted by Gasteiger charge is 2.19. The first-order chi connectivity index (χ1) is 14.0. The van der Waals surface area contributed by atoms with Crippen molar-refractivity contribution in [2.45, 2.75) is 6.54 Å². The van der Waals surface area contributed by atoms with Crippen molar-refractivity contribution in [1.29, 1.82) is 0 Å². The van der Waals surface area contributed by atoms with Crippen LogP contribution in [-0.2, 0) is 11.3 Å². The van der Waals surface area contributed by atoms with Crippen molar-refractivity contribution in [3.63, 3.8) is 0 Å². The highest BCUT2D eigenvalue weighted by atomic mass is 35.5. The number of methoxy groups -OCH3 is 2. The van der Waals surface area contributed by atoms with E-state index in [2.05, 4.69) is 11.0 Å². The Morgan fingerprint density at radius 1 is 1.07 bits per heavy atom. The molecule has 0 atom stereocenters. The third kappa shape index (κ3) is 5.66. The largest absolute Gasteiger partial charge is 0.493 e. The highest BCUT2D eigenvalue weighted by molar-refractivity contribution is 6.32. The van der Waals surface area contributed by atoms with Crippen LogP contribution in [0.25, 0.3) is 6.08 Å². The summed E-state index contributed by atoms with van der Waals surface area (Å²) < 4.78 is 10.5. The van der Waals surface area contributed by atoms with Gasteiger partial charge in [-0.05, 0) is 41.5 Å². The van der Waals surface area contributed by atoms with Gasteiger partial charge >= 0.3 is 0 Å². The average molecular weight is 435 g/mol. The van der Waals surface area contributed by atoms with Crippen LogP contribution in [0.3, 0.4) is 0 Å². The molecule has 1 heterocycles. The summed E-state index contributed by atoms with van der Waals surface area (Å²) in [5.41, 5.74) is 1.96. The fourth-order valence-electron chi connectivity index (χ4n) is 3.33. The van der Waals surface area contributed by atoms with E-state index in [-0.39, 0.29) is 5.91 Å². The number of piperazine rings is 1. The predicted molar refractivity (Wildman–Crippen MR) is 117 cm³/mol. The Balaban J connectivity index is 1.56. The zero-order valence-corrected chi connectivity index (χ0v) is 18.0. The van der Waals surface area contributed by atoms with Gasteiger partial charge in [-0.25, -0.2) is 0 Å². The Kier molecular flexibility index (Phi) is 7.42. The molecule has 5 nitrogen and oxygen atoms in total. The number of benzene rings is 2. The average Bonchev–Trinajstić information content (AvgIpc) is 2.72. The maximum absolute atomic E-state index is 12.6. The van der Waals surface area contributed by atoms with Gasteiger partial charge in [-0.1, -0.05) is 35.3 Å². The van der Waals surface area contributed by atoms with Crippen LogP contribution < -0.4 is 9.47 Å². The Morgan fingerprint density at radius 2 is 1.83 bits per heavy atom. The molecule has 1 amide bonds. The Morgan fingerprint density at radius 3 is 2.48 bits per heavy atom. The monoisotopic (exact) mass is 434 g/mol. The molecule has 0 aromatic heterocycles.